The fourth-order valence-electron chi connectivity index (χ4n) is 4.74. The maximum Gasteiger partial charge on any atom is 0.263 e. The highest BCUT2D eigenvalue weighted by atomic mass is 19.1. The quantitative estimate of drug-likeness (QED) is 0.537. The molecule has 13 heteroatoms. The lowest BCUT2D eigenvalue weighted by Gasteiger charge is -2.45. The molecule has 36 heavy (non-hydrogen) atoms. The number of amides is 2. The molecule has 190 valence electrons. The van der Waals surface area contributed by atoms with Crippen LogP contribution in [0, 0.1) is 17.6 Å². The van der Waals surface area contributed by atoms with Crippen molar-refractivity contribution in [3.63, 3.8) is 0 Å². The van der Waals surface area contributed by atoms with E-state index in [0.29, 0.717) is 32.0 Å². The highest BCUT2D eigenvalue weighted by Crippen LogP contribution is 2.33. The van der Waals surface area contributed by atoms with Gasteiger partial charge in [0, 0.05) is 38.1 Å². The molecule has 5 rings (SSSR count). The Morgan fingerprint density at radius 1 is 1.14 bits per heavy atom. The van der Waals surface area contributed by atoms with Crippen molar-refractivity contribution < 1.29 is 18.4 Å². The van der Waals surface area contributed by atoms with Crippen LogP contribution in [0.25, 0.3) is 5.65 Å². The number of nitrogen functional groups attached to an aromatic ring is 1. The number of nitrogens with two attached hydrogens (primary N) is 1. The van der Waals surface area contributed by atoms with Crippen LogP contribution in [0.15, 0.2) is 24.8 Å². The molecule has 5 heterocycles. The largest absolute Gasteiger partial charge is 0.381 e. The van der Waals surface area contributed by atoms with Crippen molar-refractivity contribution in [2.24, 2.45) is 5.92 Å². The number of carbonyl (C=O) groups is 2. The van der Waals surface area contributed by atoms with Crippen LogP contribution in [-0.4, -0.2) is 87.5 Å². The Morgan fingerprint density at radius 2 is 1.86 bits per heavy atom. The van der Waals surface area contributed by atoms with Gasteiger partial charge in [0.2, 0.25) is 5.91 Å². The highest BCUT2D eigenvalue weighted by Gasteiger charge is 2.37. The fourth-order valence-corrected chi connectivity index (χ4v) is 4.74. The van der Waals surface area contributed by atoms with Gasteiger partial charge in [0.15, 0.2) is 23.1 Å². The number of rotatable bonds is 5. The molecule has 3 N–H and O–H groups in total. The number of carbonyl (C=O) groups excluding carboxylic acids is 2. The Hall–Kier alpha value is -3.87. The van der Waals surface area contributed by atoms with Gasteiger partial charge in [-0.15, -0.1) is 5.10 Å². The lowest BCUT2D eigenvalue weighted by atomic mass is 9.93. The zero-order chi connectivity index (χ0) is 25.6. The SMILES string of the molecule is CN(C)C1CN(C(=O)C2CCN(c3c(F)cncc3NC(=O)c3c(N)nn4cc(F)cnc34)CC2)C1. The maximum absolute atomic E-state index is 14.9. The first-order valence-electron chi connectivity index (χ1n) is 11.7. The number of fused-ring (bicyclic) bond motifs is 1. The summed E-state index contributed by atoms with van der Waals surface area (Å²) in [6.45, 7) is 2.36. The topological polar surface area (TPSA) is 125 Å². The van der Waals surface area contributed by atoms with E-state index in [1.165, 1.54) is 6.20 Å². The number of likely N-dealkylation sites (tertiary alicyclic amines) is 1. The van der Waals surface area contributed by atoms with Crippen LogP contribution in [0.4, 0.5) is 26.0 Å². The van der Waals surface area contributed by atoms with Crippen LogP contribution in [0.1, 0.15) is 23.2 Å². The average Bonchev–Trinajstić information content (AvgIpc) is 3.12. The predicted octanol–water partition coefficient (Wildman–Crippen LogP) is 1.23. The van der Waals surface area contributed by atoms with E-state index in [9.17, 15) is 18.4 Å². The number of anilines is 3. The van der Waals surface area contributed by atoms with Crippen molar-refractivity contribution in [2.75, 3.05) is 56.2 Å². The first-order valence-corrected chi connectivity index (χ1v) is 11.7. The molecule has 0 saturated carbocycles. The molecule has 0 spiro atoms. The minimum atomic E-state index is -0.673. The first kappa shape index (κ1) is 23.9. The van der Waals surface area contributed by atoms with Crippen LogP contribution in [-0.2, 0) is 4.79 Å². The van der Waals surface area contributed by atoms with E-state index >= 15 is 0 Å². The van der Waals surface area contributed by atoms with Crippen LogP contribution in [0.3, 0.4) is 0 Å². The number of hydrogen-bond donors (Lipinski definition) is 2. The van der Waals surface area contributed by atoms with Gasteiger partial charge in [-0.2, -0.15) is 0 Å². The third kappa shape index (κ3) is 4.30. The summed E-state index contributed by atoms with van der Waals surface area (Å²) in [4.78, 5) is 39.5. The van der Waals surface area contributed by atoms with Gasteiger partial charge in [-0.05, 0) is 26.9 Å². The minimum Gasteiger partial charge on any atom is -0.381 e. The van der Waals surface area contributed by atoms with E-state index in [4.69, 9.17) is 5.73 Å². The molecule has 3 aromatic rings. The van der Waals surface area contributed by atoms with Crippen molar-refractivity contribution >= 4 is 34.7 Å². The second-order valence-electron chi connectivity index (χ2n) is 9.39. The van der Waals surface area contributed by atoms with Gasteiger partial charge in [0.25, 0.3) is 5.91 Å². The van der Waals surface area contributed by atoms with Crippen LogP contribution < -0.4 is 16.0 Å². The molecule has 0 radical (unpaired) electrons. The molecule has 2 aliphatic rings. The van der Waals surface area contributed by atoms with Gasteiger partial charge >= 0.3 is 0 Å². The Labute approximate surface area is 205 Å². The Balaban J connectivity index is 1.30. The molecule has 2 aliphatic heterocycles. The molecule has 0 atom stereocenters. The van der Waals surface area contributed by atoms with Crippen LogP contribution in [0.5, 0.6) is 0 Å². The second-order valence-corrected chi connectivity index (χ2v) is 9.39. The zero-order valence-electron chi connectivity index (χ0n) is 20.0. The zero-order valence-corrected chi connectivity index (χ0v) is 20.0. The molecule has 2 saturated heterocycles. The summed E-state index contributed by atoms with van der Waals surface area (Å²) in [7, 11) is 4.01. The van der Waals surface area contributed by atoms with Crippen molar-refractivity contribution in [3.05, 3.63) is 42.0 Å². The number of aromatic nitrogens is 4. The van der Waals surface area contributed by atoms with Gasteiger partial charge in [-0.3, -0.25) is 14.6 Å². The van der Waals surface area contributed by atoms with Gasteiger partial charge in [-0.25, -0.2) is 18.3 Å². The van der Waals surface area contributed by atoms with Crippen molar-refractivity contribution in [2.45, 2.75) is 18.9 Å². The van der Waals surface area contributed by atoms with Gasteiger partial charge in [0.1, 0.15) is 11.3 Å². The molecular weight excluding hydrogens is 472 g/mol. The molecule has 0 aromatic carbocycles. The number of hydrogen-bond acceptors (Lipinski definition) is 8. The minimum absolute atomic E-state index is 0.0555. The highest BCUT2D eigenvalue weighted by molar-refractivity contribution is 6.12. The summed E-state index contributed by atoms with van der Waals surface area (Å²) < 4.78 is 29.5. The summed E-state index contributed by atoms with van der Waals surface area (Å²) in [6, 6.07) is 0.391. The Kier molecular flexibility index (Phi) is 6.16. The predicted molar refractivity (Wildman–Crippen MR) is 128 cm³/mol. The molecule has 0 unspecified atom stereocenters. The van der Waals surface area contributed by atoms with E-state index in [1.54, 1.807) is 0 Å². The Morgan fingerprint density at radius 3 is 2.56 bits per heavy atom. The third-order valence-electron chi connectivity index (χ3n) is 6.88. The maximum atomic E-state index is 14.9. The summed E-state index contributed by atoms with van der Waals surface area (Å²) >= 11 is 0. The summed E-state index contributed by atoms with van der Waals surface area (Å²) in [6.07, 6.45) is 5.59. The number of piperidine rings is 1. The second kappa shape index (κ2) is 9.30. The lowest BCUT2D eigenvalue weighted by molar-refractivity contribution is -0.143. The van der Waals surface area contributed by atoms with Crippen molar-refractivity contribution in [3.8, 4) is 0 Å². The standard InChI is InChI=1S/C23H27F2N9O2/c1-31(2)15-11-33(12-15)23(36)13-3-5-32(6-4-13)19-16(25)8-27-9-17(19)29-22(35)18-20(26)30-34-10-14(24)7-28-21(18)34/h7-10,13,15H,3-6,11-12H2,1-2H3,(H2,26,30)(H,29,35). The number of halogens is 2. The molecule has 11 nitrogen and oxygen atoms in total. The van der Waals surface area contributed by atoms with E-state index in [-0.39, 0.29) is 40.2 Å². The fraction of sp³-hybridized carbons (Fsp3) is 0.435. The van der Waals surface area contributed by atoms with Gasteiger partial charge in [-0.1, -0.05) is 0 Å². The molecular formula is C23H27F2N9O2. The van der Waals surface area contributed by atoms with Crippen molar-refractivity contribution in [1.82, 2.24) is 29.4 Å². The number of nitrogens with zero attached hydrogens (tertiary/aromatic N) is 7. The third-order valence-corrected chi connectivity index (χ3v) is 6.88. The summed E-state index contributed by atoms with van der Waals surface area (Å²) in [5.41, 5.74) is 6.24. The normalized spacial score (nSPS) is 17.0. The summed E-state index contributed by atoms with van der Waals surface area (Å²) in [5, 5.41) is 6.58. The van der Waals surface area contributed by atoms with E-state index in [2.05, 4.69) is 25.3 Å². The molecule has 3 aromatic heterocycles. The number of pyridine rings is 1. The van der Waals surface area contributed by atoms with Crippen LogP contribution >= 0.6 is 0 Å². The van der Waals surface area contributed by atoms with E-state index in [1.807, 2.05) is 23.9 Å². The van der Waals surface area contributed by atoms with Crippen LogP contribution in [0.2, 0.25) is 0 Å². The molecule has 2 amide bonds. The summed E-state index contributed by atoms with van der Waals surface area (Å²) in [5.74, 6) is -2.02. The molecule has 0 bridgehead atoms. The monoisotopic (exact) mass is 499 g/mol. The number of likely N-dealkylation sites (N-methyl/N-ethyl adjacent to an activating group) is 1. The molecule has 0 aliphatic carbocycles. The average molecular weight is 500 g/mol. The smallest absolute Gasteiger partial charge is 0.263 e. The molecule has 2 fully saturated rings. The van der Waals surface area contributed by atoms with E-state index < -0.39 is 17.5 Å². The van der Waals surface area contributed by atoms with Crippen molar-refractivity contribution in [1.29, 1.82) is 0 Å². The van der Waals surface area contributed by atoms with Gasteiger partial charge in [0.05, 0.1) is 30.5 Å². The Bertz CT molecular complexity index is 1310. The first-order chi connectivity index (χ1) is 17.2. The van der Waals surface area contributed by atoms with E-state index in [0.717, 1.165) is 36.2 Å². The lowest BCUT2D eigenvalue weighted by Crippen LogP contribution is -2.61. The van der Waals surface area contributed by atoms with Gasteiger partial charge < -0.3 is 25.8 Å². The number of nitrogens with one attached hydrogen (secondary N) is 1.